The van der Waals surface area contributed by atoms with Gasteiger partial charge >= 0.3 is 6.03 Å². The molecule has 0 radical (unpaired) electrons. The van der Waals surface area contributed by atoms with Gasteiger partial charge in [0, 0.05) is 12.6 Å². The minimum Gasteiger partial charge on any atom is -0.494 e. The van der Waals surface area contributed by atoms with Crippen molar-refractivity contribution >= 4 is 11.9 Å². The van der Waals surface area contributed by atoms with Gasteiger partial charge < -0.3 is 15.8 Å². The van der Waals surface area contributed by atoms with Crippen LogP contribution in [0.25, 0.3) is 0 Å². The zero-order valence-corrected chi connectivity index (χ0v) is 14.0. The SMILES string of the molecule is CCOc1ccc(C2(CC)NC(=O)N(CC(N)CC)C2=O)cc1. The van der Waals surface area contributed by atoms with E-state index in [1.807, 2.05) is 45.0 Å². The van der Waals surface area contributed by atoms with Gasteiger partial charge in [-0.05, 0) is 37.5 Å². The summed E-state index contributed by atoms with van der Waals surface area (Å²) in [7, 11) is 0. The Hall–Kier alpha value is -2.08. The summed E-state index contributed by atoms with van der Waals surface area (Å²) in [5, 5.41) is 2.86. The summed E-state index contributed by atoms with van der Waals surface area (Å²) in [6, 6.07) is 6.70. The molecule has 6 heteroatoms. The number of carbonyl (C=O) groups is 2. The van der Waals surface area contributed by atoms with Crippen molar-refractivity contribution in [3.8, 4) is 5.75 Å². The number of amides is 3. The monoisotopic (exact) mass is 319 g/mol. The average molecular weight is 319 g/mol. The van der Waals surface area contributed by atoms with Crippen molar-refractivity contribution in [1.29, 1.82) is 0 Å². The molecule has 0 bridgehead atoms. The number of hydrogen-bond donors (Lipinski definition) is 2. The molecule has 6 nitrogen and oxygen atoms in total. The first-order valence-corrected chi connectivity index (χ1v) is 8.11. The van der Waals surface area contributed by atoms with E-state index in [1.165, 1.54) is 4.90 Å². The normalized spacial score (nSPS) is 22.2. The lowest BCUT2D eigenvalue weighted by molar-refractivity contribution is -0.132. The average Bonchev–Trinajstić information content (AvgIpc) is 2.80. The van der Waals surface area contributed by atoms with E-state index in [4.69, 9.17) is 10.5 Å². The Morgan fingerprint density at radius 1 is 1.22 bits per heavy atom. The van der Waals surface area contributed by atoms with Crippen molar-refractivity contribution in [2.75, 3.05) is 13.2 Å². The smallest absolute Gasteiger partial charge is 0.325 e. The van der Waals surface area contributed by atoms with Crippen molar-refractivity contribution in [3.05, 3.63) is 29.8 Å². The predicted octanol–water partition coefficient (Wildman–Crippen LogP) is 1.98. The molecule has 3 N–H and O–H groups in total. The molecule has 1 aliphatic rings. The molecule has 0 spiro atoms. The number of imide groups is 1. The van der Waals surface area contributed by atoms with Crippen LogP contribution < -0.4 is 15.8 Å². The molecule has 3 amide bonds. The Labute approximate surface area is 137 Å². The third-order valence-corrected chi connectivity index (χ3v) is 4.31. The number of hydrogen-bond acceptors (Lipinski definition) is 4. The predicted molar refractivity (Wildman–Crippen MR) is 88.1 cm³/mol. The molecule has 0 aliphatic carbocycles. The first-order valence-electron chi connectivity index (χ1n) is 8.11. The molecule has 1 aromatic rings. The van der Waals surface area contributed by atoms with E-state index >= 15 is 0 Å². The van der Waals surface area contributed by atoms with Crippen LogP contribution in [0.15, 0.2) is 24.3 Å². The second-order valence-electron chi connectivity index (χ2n) is 5.73. The fraction of sp³-hybridized carbons (Fsp3) is 0.529. The van der Waals surface area contributed by atoms with Crippen LogP contribution in [0.2, 0.25) is 0 Å². The highest BCUT2D eigenvalue weighted by Crippen LogP contribution is 2.33. The number of urea groups is 1. The Morgan fingerprint density at radius 3 is 2.39 bits per heavy atom. The highest BCUT2D eigenvalue weighted by Gasteiger charge is 2.51. The molecule has 1 saturated heterocycles. The third kappa shape index (κ3) is 3.17. The molecule has 1 aromatic carbocycles. The van der Waals surface area contributed by atoms with Gasteiger partial charge in [-0.1, -0.05) is 26.0 Å². The summed E-state index contributed by atoms with van der Waals surface area (Å²) < 4.78 is 5.43. The van der Waals surface area contributed by atoms with E-state index < -0.39 is 5.54 Å². The molecule has 1 fully saturated rings. The minimum absolute atomic E-state index is 0.210. The van der Waals surface area contributed by atoms with Gasteiger partial charge in [-0.25, -0.2) is 4.79 Å². The van der Waals surface area contributed by atoms with Gasteiger partial charge in [0.25, 0.3) is 5.91 Å². The van der Waals surface area contributed by atoms with E-state index in [9.17, 15) is 9.59 Å². The summed E-state index contributed by atoms with van der Waals surface area (Å²) in [5.41, 5.74) is 5.65. The van der Waals surface area contributed by atoms with Crippen molar-refractivity contribution in [2.45, 2.75) is 45.2 Å². The zero-order chi connectivity index (χ0) is 17.0. The summed E-state index contributed by atoms with van der Waals surface area (Å²) >= 11 is 0. The summed E-state index contributed by atoms with van der Waals surface area (Å²) in [5.74, 6) is 0.502. The summed E-state index contributed by atoms with van der Waals surface area (Å²) in [6.07, 6.45) is 1.18. The van der Waals surface area contributed by atoms with Gasteiger partial charge in [0.1, 0.15) is 11.3 Å². The molecule has 0 aromatic heterocycles. The zero-order valence-electron chi connectivity index (χ0n) is 14.0. The first kappa shape index (κ1) is 17.3. The number of ether oxygens (including phenoxy) is 1. The Bertz CT molecular complexity index is 573. The summed E-state index contributed by atoms with van der Waals surface area (Å²) in [6.45, 7) is 6.55. The van der Waals surface area contributed by atoms with Crippen molar-refractivity contribution in [1.82, 2.24) is 10.2 Å². The van der Waals surface area contributed by atoms with Gasteiger partial charge in [0.2, 0.25) is 0 Å². The Morgan fingerprint density at radius 2 is 1.87 bits per heavy atom. The van der Waals surface area contributed by atoms with Crippen LogP contribution in [0.4, 0.5) is 4.79 Å². The van der Waals surface area contributed by atoms with Gasteiger partial charge in [0.15, 0.2) is 0 Å². The molecule has 2 unspecified atom stereocenters. The standard InChI is InChI=1S/C17H25N3O3/c1-4-13(18)11-20-15(21)17(5-2,19-16(20)22)12-7-9-14(10-8-12)23-6-3/h7-10,13H,4-6,11,18H2,1-3H3,(H,19,22). The van der Waals surface area contributed by atoms with Gasteiger partial charge in [0.05, 0.1) is 6.61 Å². The van der Waals surface area contributed by atoms with Crippen LogP contribution >= 0.6 is 0 Å². The largest absolute Gasteiger partial charge is 0.494 e. The number of nitrogens with zero attached hydrogens (tertiary/aromatic N) is 1. The fourth-order valence-corrected chi connectivity index (χ4v) is 2.80. The number of nitrogens with one attached hydrogen (secondary N) is 1. The van der Waals surface area contributed by atoms with Crippen LogP contribution in [0.1, 0.15) is 39.2 Å². The first-order chi connectivity index (χ1) is 11.0. The number of nitrogens with two attached hydrogens (primary N) is 1. The third-order valence-electron chi connectivity index (χ3n) is 4.31. The Balaban J connectivity index is 2.30. The second kappa shape index (κ2) is 7.00. The fourth-order valence-electron chi connectivity index (χ4n) is 2.80. The van der Waals surface area contributed by atoms with Gasteiger partial charge in [-0.15, -0.1) is 0 Å². The molecule has 2 atom stereocenters. The molecular formula is C17H25N3O3. The Kier molecular flexibility index (Phi) is 5.26. The van der Waals surface area contributed by atoms with Gasteiger partial charge in [-0.3, -0.25) is 9.69 Å². The summed E-state index contributed by atoms with van der Waals surface area (Å²) in [4.78, 5) is 26.4. The molecule has 23 heavy (non-hydrogen) atoms. The van der Waals surface area contributed by atoms with E-state index in [1.54, 1.807) is 0 Å². The van der Waals surface area contributed by atoms with Gasteiger partial charge in [-0.2, -0.15) is 0 Å². The minimum atomic E-state index is -1.02. The quantitative estimate of drug-likeness (QED) is 0.753. The molecule has 126 valence electrons. The van der Waals surface area contributed by atoms with E-state index in [2.05, 4.69) is 5.32 Å². The number of benzene rings is 1. The molecule has 2 rings (SSSR count). The van der Waals surface area contributed by atoms with Crippen LogP contribution in [-0.2, 0) is 10.3 Å². The van der Waals surface area contributed by atoms with Crippen LogP contribution in [0, 0.1) is 0 Å². The highest BCUT2D eigenvalue weighted by atomic mass is 16.5. The van der Waals surface area contributed by atoms with Crippen LogP contribution in [-0.4, -0.2) is 36.0 Å². The lowest BCUT2D eigenvalue weighted by atomic mass is 9.87. The number of rotatable bonds is 7. The maximum atomic E-state index is 12.9. The maximum Gasteiger partial charge on any atom is 0.325 e. The van der Waals surface area contributed by atoms with E-state index in [0.29, 0.717) is 19.4 Å². The van der Waals surface area contributed by atoms with Crippen LogP contribution in [0.3, 0.4) is 0 Å². The molecule has 0 saturated carbocycles. The second-order valence-corrected chi connectivity index (χ2v) is 5.73. The van der Waals surface area contributed by atoms with Crippen molar-refractivity contribution in [3.63, 3.8) is 0 Å². The van der Waals surface area contributed by atoms with E-state index in [0.717, 1.165) is 11.3 Å². The lowest BCUT2D eigenvalue weighted by Crippen LogP contribution is -2.45. The van der Waals surface area contributed by atoms with E-state index in [-0.39, 0.29) is 24.5 Å². The number of carbonyl (C=O) groups excluding carboxylic acids is 2. The topological polar surface area (TPSA) is 84.7 Å². The molecule has 1 heterocycles. The van der Waals surface area contributed by atoms with Crippen LogP contribution in [0.5, 0.6) is 5.75 Å². The lowest BCUT2D eigenvalue weighted by Gasteiger charge is -2.26. The van der Waals surface area contributed by atoms with Crippen molar-refractivity contribution in [2.24, 2.45) is 5.73 Å². The van der Waals surface area contributed by atoms with Crippen molar-refractivity contribution < 1.29 is 14.3 Å². The molecule has 1 aliphatic heterocycles. The molecular weight excluding hydrogens is 294 g/mol. The maximum absolute atomic E-state index is 12.9. The highest BCUT2D eigenvalue weighted by molar-refractivity contribution is 6.07.